The number of fused-ring (bicyclic) bond motifs is 1. The lowest BCUT2D eigenvalue weighted by Crippen LogP contribution is -2.17. The first kappa shape index (κ1) is 12.9. The molecule has 0 fully saturated rings. The van der Waals surface area contributed by atoms with Crippen molar-refractivity contribution in [2.24, 2.45) is 0 Å². The van der Waals surface area contributed by atoms with E-state index in [2.05, 4.69) is 47.6 Å². The second kappa shape index (κ2) is 5.45. The molecule has 0 amide bonds. The van der Waals surface area contributed by atoms with Gasteiger partial charge in [-0.2, -0.15) is 0 Å². The molecule has 1 heterocycles. The van der Waals surface area contributed by atoms with Gasteiger partial charge in [-0.3, -0.25) is 0 Å². The monoisotopic (exact) mass is 268 g/mol. The standard InChI is InChI=1S/C17H20N2O/c1-19(15-7-4-8-16(11-15)20-2)12-14-6-3-5-13-9-10-18-17(13)14/h3-8,11,18H,9-10,12H2,1-2H3. The molecule has 3 heteroatoms. The molecule has 20 heavy (non-hydrogen) atoms. The van der Waals surface area contributed by atoms with Gasteiger partial charge in [0.1, 0.15) is 5.75 Å². The number of ether oxygens (including phenoxy) is 1. The van der Waals surface area contributed by atoms with Crippen molar-refractivity contribution in [1.82, 2.24) is 0 Å². The lowest BCUT2D eigenvalue weighted by molar-refractivity contribution is 0.415. The normalized spacial score (nSPS) is 12.7. The summed E-state index contributed by atoms with van der Waals surface area (Å²) in [6.45, 7) is 1.94. The van der Waals surface area contributed by atoms with Gasteiger partial charge in [0, 0.05) is 37.6 Å². The van der Waals surface area contributed by atoms with Crippen LogP contribution in [0.4, 0.5) is 11.4 Å². The van der Waals surface area contributed by atoms with E-state index in [1.807, 2.05) is 12.1 Å². The number of rotatable bonds is 4. The van der Waals surface area contributed by atoms with E-state index in [4.69, 9.17) is 4.74 Å². The molecule has 2 aromatic carbocycles. The molecule has 0 saturated carbocycles. The number of nitrogens with one attached hydrogen (secondary N) is 1. The van der Waals surface area contributed by atoms with Crippen molar-refractivity contribution in [2.75, 3.05) is 30.9 Å². The van der Waals surface area contributed by atoms with Crippen LogP contribution in [0, 0.1) is 0 Å². The van der Waals surface area contributed by atoms with Crippen molar-refractivity contribution in [3.63, 3.8) is 0 Å². The largest absolute Gasteiger partial charge is 0.497 e. The van der Waals surface area contributed by atoms with Gasteiger partial charge in [0.05, 0.1) is 7.11 Å². The molecule has 0 radical (unpaired) electrons. The number of benzene rings is 2. The molecule has 104 valence electrons. The third-order valence-corrected chi connectivity index (χ3v) is 3.83. The highest BCUT2D eigenvalue weighted by Crippen LogP contribution is 2.29. The quantitative estimate of drug-likeness (QED) is 0.920. The molecule has 1 N–H and O–H groups in total. The second-order valence-corrected chi connectivity index (χ2v) is 5.19. The Labute approximate surface area is 120 Å². The molecule has 0 aromatic heterocycles. The maximum absolute atomic E-state index is 5.29. The third kappa shape index (κ3) is 2.44. The molecule has 0 bridgehead atoms. The Hall–Kier alpha value is -2.16. The van der Waals surface area contributed by atoms with Crippen LogP contribution in [0.2, 0.25) is 0 Å². The van der Waals surface area contributed by atoms with Gasteiger partial charge in [-0.25, -0.2) is 0 Å². The Morgan fingerprint density at radius 2 is 2.05 bits per heavy atom. The molecule has 0 unspecified atom stereocenters. The van der Waals surface area contributed by atoms with E-state index in [0.717, 1.165) is 25.3 Å². The van der Waals surface area contributed by atoms with E-state index in [1.165, 1.54) is 22.5 Å². The minimum atomic E-state index is 0.892. The summed E-state index contributed by atoms with van der Waals surface area (Å²) in [6, 6.07) is 14.7. The number of methoxy groups -OCH3 is 1. The van der Waals surface area contributed by atoms with Crippen LogP contribution < -0.4 is 15.0 Å². The average Bonchev–Trinajstić information content (AvgIpc) is 2.97. The summed E-state index contributed by atoms with van der Waals surface area (Å²) in [4.78, 5) is 2.25. The molecule has 1 aliphatic rings. The molecular weight excluding hydrogens is 248 g/mol. The predicted octanol–water partition coefficient (Wildman–Crippen LogP) is 3.30. The topological polar surface area (TPSA) is 24.5 Å². The highest BCUT2D eigenvalue weighted by molar-refractivity contribution is 5.62. The number of anilines is 2. The first-order valence-electron chi connectivity index (χ1n) is 6.98. The van der Waals surface area contributed by atoms with E-state index >= 15 is 0 Å². The second-order valence-electron chi connectivity index (χ2n) is 5.19. The van der Waals surface area contributed by atoms with Crippen LogP contribution in [0.1, 0.15) is 11.1 Å². The van der Waals surface area contributed by atoms with E-state index in [-0.39, 0.29) is 0 Å². The Morgan fingerprint density at radius 1 is 1.20 bits per heavy atom. The summed E-state index contributed by atoms with van der Waals surface area (Å²) in [5, 5.41) is 3.50. The van der Waals surface area contributed by atoms with Crippen molar-refractivity contribution in [1.29, 1.82) is 0 Å². The Balaban J connectivity index is 1.82. The van der Waals surface area contributed by atoms with E-state index in [0.29, 0.717) is 0 Å². The highest BCUT2D eigenvalue weighted by atomic mass is 16.5. The van der Waals surface area contributed by atoms with Crippen LogP contribution in [-0.2, 0) is 13.0 Å². The Kier molecular flexibility index (Phi) is 3.50. The van der Waals surface area contributed by atoms with Crippen LogP contribution in [0.25, 0.3) is 0 Å². The molecule has 0 atom stereocenters. The van der Waals surface area contributed by atoms with Crippen LogP contribution >= 0.6 is 0 Å². The molecule has 2 aromatic rings. The summed E-state index contributed by atoms with van der Waals surface area (Å²) in [5.74, 6) is 0.894. The van der Waals surface area contributed by atoms with Crippen molar-refractivity contribution in [3.8, 4) is 5.75 Å². The van der Waals surface area contributed by atoms with Crippen molar-refractivity contribution < 1.29 is 4.74 Å². The maximum Gasteiger partial charge on any atom is 0.120 e. The van der Waals surface area contributed by atoms with E-state index < -0.39 is 0 Å². The molecule has 3 rings (SSSR count). The number of hydrogen-bond acceptors (Lipinski definition) is 3. The lowest BCUT2D eigenvalue weighted by atomic mass is 10.1. The number of hydrogen-bond donors (Lipinski definition) is 1. The van der Waals surface area contributed by atoms with Crippen LogP contribution in [-0.4, -0.2) is 20.7 Å². The number of para-hydroxylation sites is 1. The van der Waals surface area contributed by atoms with Gasteiger partial charge in [-0.1, -0.05) is 24.3 Å². The summed E-state index contributed by atoms with van der Waals surface area (Å²) in [5.41, 5.74) is 5.27. The molecule has 1 aliphatic heterocycles. The van der Waals surface area contributed by atoms with Crippen LogP contribution in [0.5, 0.6) is 5.75 Å². The third-order valence-electron chi connectivity index (χ3n) is 3.83. The fourth-order valence-electron chi connectivity index (χ4n) is 2.74. The number of nitrogens with zero attached hydrogens (tertiary/aromatic N) is 1. The summed E-state index contributed by atoms with van der Waals surface area (Å²) >= 11 is 0. The van der Waals surface area contributed by atoms with Gasteiger partial charge in [-0.05, 0) is 29.7 Å². The zero-order valence-corrected chi connectivity index (χ0v) is 12.0. The van der Waals surface area contributed by atoms with Gasteiger partial charge < -0.3 is 15.0 Å². The summed E-state index contributed by atoms with van der Waals surface area (Å²) in [6.07, 6.45) is 1.13. The van der Waals surface area contributed by atoms with Crippen molar-refractivity contribution in [3.05, 3.63) is 53.6 Å². The van der Waals surface area contributed by atoms with E-state index in [9.17, 15) is 0 Å². The molecule has 0 aliphatic carbocycles. The summed E-state index contributed by atoms with van der Waals surface area (Å²) in [7, 11) is 3.82. The fraction of sp³-hybridized carbons (Fsp3) is 0.294. The Morgan fingerprint density at radius 3 is 2.90 bits per heavy atom. The molecule has 0 spiro atoms. The van der Waals surface area contributed by atoms with Gasteiger partial charge >= 0.3 is 0 Å². The molecule has 0 saturated heterocycles. The van der Waals surface area contributed by atoms with Gasteiger partial charge in [0.2, 0.25) is 0 Å². The van der Waals surface area contributed by atoms with Crippen molar-refractivity contribution in [2.45, 2.75) is 13.0 Å². The fourth-order valence-corrected chi connectivity index (χ4v) is 2.74. The lowest BCUT2D eigenvalue weighted by Gasteiger charge is -2.21. The zero-order chi connectivity index (χ0) is 13.9. The van der Waals surface area contributed by atoms with Crippen LogP contribution in [0.3, 0.4) is 0 Å². The van der Waals surface area contributed by atoms with Gasteiger partial charge in [0.25, 0.3) is 0 Å². The first-order valence-corrected chi connectivity index (χ1v) is 6.98. The SMILES string of the molecule is COc1cccc(N(C)Cc2cccc3c2NCC3)c1. The van der Waals surface area contributed by atoms with Crippen molar-refractivity contribution >= 4 is 11.4 Å². The van der Waals surface area contributed by atoms with Crippen LogP contribution in [0.15, 0.2) is 42.5 Å². The minimum absolute atomic E-state index is 0.892. The molecular formula is C17H20N2O. The Bertz CT molecular complexity index is 610. The summed E-state index contributed by atoms with van der Waals surface area (Å²) < 4.78 is 5.29. The zero-order valence-electron chi connectivity index (χ0n) is 12.0. The highest BCUT2D eigenvalue weighted by Gasteiger charge is 2.14. The minimum Gasteiger partial charge on any atom is -0.497 e. The van der Waals surface area contributed by atoms with Gasteiger partial charge in [0.15, 0.2) is 0 Å². The van der Waals surface area contributed by atoms with Gasteiger partial charge in [-0.15, -0.1) is 0 Å². The first-order chi connectivity index (χ1) is 9.78. The predicted molar refractivity (Wildman–Crippen MR) is 83.7 cm³/mol. The smallest absolute Gasteiger partial charge is 0.120 e. The molecule has 3 nitrogen and oxygen atoms in total. The average molecular weight is 268 g/mol. The van der Waals surface area contributed by atoms with E-state index in [1.54, 1.807) is 7.11 Å². The maximum atomic E-state index is 5.29.